The van der Waals surface area contributed by atoms with E-state index in [9.17, 15) is 0 Å². The molecule has 0 bridgehead atoms. The summed E-state index contributed by atoms with van der Waals surface area (Å²) in [6.07, 6.45) is 0. The molecule has 2 rings (SSSR count). The Morgan fingerprint density at radius 1 is 1.00 bits per heavy atom. The molecule has 1 unspecified atom stereocenters. The van der Waals surface area contributed by atoms with E-state index in [0.717, 1.165) is 0 Å². The summed E-state index contributed by atoms with van der Waals surface area (Å²) >= 11 is 1.72. The van der Waals surface area contributed by atoms with Crippen LogP contribution in [0.2, 0.25) is 0 Å². The zero-order chi connectivity index (χ0) is 14.0. The minimum absolute atomic E-state index is 0.105. The lowest BCUT2D eigenvalue weighted by molar-refractivity contribution is 0.819. The maximum absolute atomic E-state index is 5.84. The highest BCUT2D eigenvalue weighted by Crippen LogP contribution is 2.24. The summed E-state index contributed by atoms with van der Waals surface area (Å²) in [4.78, 5) is 0. The van der Waals surface area contributed by atoms with E-state index in [2.05, 4.69) is 41.1 Å². The molecule has 1 heterocycles. The van der Waals surface area contributed by atoms with Gasteiger partial charge in [-0.3, -0.25) is 0 Å². The largest absolute Gasteiger partial charge is 0.324 e. The first-order valence-electron chi connectivity index (χ1n) is 6.65. The zero-order valence-electron chi connectivity index (χ0n) is 12.1. The van der Waals surface area contributed by atoms with Crippen LogP contribution in [0.15, 0.2) is 41.1 Å². The molecule has 0 radical (unpaired) electrons. The van der Waals surface area contributed by atoms with Crippen LogP contribution in [0.3, 0.4) is 0 Å². The topological polar surface area (TPSA) is 26.0 Å². The van der Waals surface area contributed by atoms with E-state index in [0.29, 0.717) is 0 Å². The lowest BCUT2D eigenvalue weighted by Crippen LogP contribution is -2.04. The molecule has 2 heteroatoms. The summed E-state index contributed by atoms with van der Waals surface area (Å²) in [6, 6.07) is 10.6. The van der Waals surface area contributed by atoms with Crippen molar-refractivity contribution in [2.24, 2.45) is 5.73 Å². The van der Waals surface area contributed by atoms with Crippen molar-refractivity contribution in [3.63, 3.8) is 0 Å². The van der Waals surface area contributed by atoms with Crippen LogP contribution in [0.4, 0.5) is 0 Å². The second-order valence-corrected chi connectivity index (χ2v) is 4.21. The summed E-state index contributed by atoms with van der Waals surface area (Å²) in [6.45, 7) is 10.0. The van der Waals surface area contributed by atoms with Gasteiger partial charge in [-0.2, -0.15) is 11.3 Å². The molecule has 100 valence electrons. The van der Waals surface area contributed by atoms with Gasteiger partial charge in [0.15, 0.2) is 0 Å². The van der Waals surface area contributed by atoms with Gasteiger partial charge in [-0.05, 0) is 46.5 Å². The lowest BCUT2D eigenvalue weighted by Gasteiger charge is -2.06. The summed E-state index contributed by atoms with van der Waals surface area (Å²) in [7, 11) is 0. The van der Waals surface area contributed by atoms with Gasteiger partial charge in [0.2, 0.25) is 0 Å². The fourth-order valence-corrected chi connectivity index (χ4v) is 2.10. The Balaban J connectivity index is 0.000000659. The average Bonchev–Trinajstić information content (AvgIpc) is 2.97. The van der Waals surface area contributed by atoms with Crippen LogP contribution in [0, 0.1) is 0 Å². The molecule has 1 aromatic heterocycles. The van der Waals surface area contributed by atoms with Crippen molar-refractivity contribution in [2.75, 3.05) is 0 Å². The Morgan fingerprint density at radius 3 is 2.17 bits per heavy atom. The van der Waals surface area contributed by atoms with E-state index < -0.39 is 0 Å². The third kappa shape index (κ3) is 5.03. The maximum Gasteiger partial charge on any atom is 0.0266 e. The first-order valence-corrected chi connectivity index (χ1v) is 7.60. The van der Waals surface area contributed by atoms with Crippen molar-refractivity contribution in [2.45, 2.75) is 40.7 Å². The van der Waals surface area contributed by atoms with E-state index in [1.54, 1.807) is 11.3 Å². The van der Waals surface area contributed by atoms with Crippen molar-refractivity contribution in [3.8, 4) is 11.1 Å². The van der Waals surface area contributed by atoms with Crippen LogP contribution < -0.4 is 5.73 Å². The fraction of sp³-hybridized carbons (Fsp3) is 0.375. The predicted octanol–water partition coefficient (Wildman–Crippen LogP) is 5.49. The second kappa shape index (κ2) is 9.86. The highest BCUT2D eigenvalue weighted by atomic mass is 32.1. The number of rotatable bonds is 2. The summed E-state index contributed by atoms with van der Waals surface area (Å²) in [5.74, 6) is 0. The van der Waals surface area contributed by atoms with Crippen molar-refractivity contribution in [1.82, 2.24) is 0 Å². The van der Waals surface area contributed by atoms with Gasteiger partial charge in [0.1, 0.15) is 0 Å². The highest BCUT2D eigenvalue weighted by Gasteiger charge is 2.02. The van der Waals surface area contributed by atoms with Crippen LogP contribution in [0.5, 0.6) is 0 Å². The first-order chi connectivity index (χ1) is 8.77. The molecule has 1 aromatic carbocycles. The molecule has 18 heavy (non-hydrogen) atoms. The van der Waals surface area contributed by atoms with Gasteiger partial charge in [-0.1, -0.05) is 45.9 Å². The molecule has 0 saturated heterocycles. The van der Waals surface area contributed by atoms with Crippen LogP contribution in [0.1, 0.15) is 46.2 Å². The van der Waals surface area contributed by atoms with E-state index in [-0.39, 0.29) is 6.04 Å². The Morgan fingerprint density at radius 2 is 1.67 bits per heavy atom. The summed E-state index contributed by atoms with van der Waals surface area (Å²) < 4.78 is 0. The highest BCUT2D eigenvalue weighted by molar-refractivity contribution is 7.08. The molecule has 0 spiro atoms. The number of hydrogen-bond acceptors (Lipinski definition) is 2. The number of thiophene rings is 1. The van der Waals surface area contributed by atoms with Crippen molar-refractivity contribution < 1.29 is 0 Å². The Bertz CT molecular complexity index is 405. The predicted molar refractivity (Wildman–Crippen MR) is 85.1 cm³/mol. The quantitative estimate of drug-likeness (QED) is 0.762. The van der Waals surface area contributed by atoms with E-state index in [1.807, 2.05) is 34.6 Å². The smallest absolute Gasteiger partial charge is 0.0266 e. The molecule has 0 aliphatic heterocycles. The average molecular weight is 263 g/mol. The Kier molecular flexibility index (Phi) is 9.25. The number of nitrogens with two attached hydrogens (primary N) is 1. The van der Waals surface area contributed by atoms with Crippen molar-refractivity contribution in [3.05, 3.63) is 46.7 Å². The molecule has 0 saturated carbocycles. The second-order valence-electron chi connectivity index (χ2n) is 3.43. The summed E-state index contributed by atoms with van der Waals surface area (Å²) in [5.41, 5.74) is 9.55. The van der Waals surface area contributed by atoms with Crippen LogP contribution in [0.25, 0.3) is 11.1 Å². The third-order valence-electron chi connectivity index (χ3n) is 2.27. The Hall–Kier alpha value is -1.12. The van der Waals surface area contributed by atoms with Gasteiger partial charge in [0.05, 0.1) is 0 Å². The molecular weight excluding hydrogens is 238 g/mol. The number of hydrogen-bond donors (Lipinski definition) is 1. The standard InChI is InChI=1S/C12H13NS.2C2H6/c1-9(13)10-3-2-4-11(7-10)12-5-6-14-8-12;2*1-2/h2-9H,13H2,1H3;2*1-2H3. The molecule has 0 aliphatic carbocycles. The maximum atomic E-state index is 5.84. The lowest BCUT2D eigenvalue weighted by atomic mass is 10.0. The monoisotopic (exact) mass is 263 g/mol. The van der Waals surface area contributed by atoms with Gasteiger partial charge in [-0.25, -0.2) is 0 Å². The van der Waals surface area contributed by atoms with Gasteiger partial charge in [0, 0.05) is 6.04 Å². The first kappa shape index (κ1) is 16.9. The van der Waals surface area contributed by atoms with E-state index in [4.69, 9.17) is 5.73 Å². The Labute approximate surface area is 116 Å². The van der Waals surface area contributed by atoms with Crippen molar-refractivity contribution >= 4 is 11.3 Å². The van der Waals surface area contributed by atoms with Gasteiger partial charge >= 0.3 is 0 Å². The normalized spacial score (nSPS) is 10.6. The molecule has 0 amide bonds. The van der Waals surface area contributed by atoms with Gasteiger partial charge < -0.3 is 5.73 Å². The van der Waals surface area contributed by atoms with E-state index in [1.165, 1.54) is 16.7 Å². The van der Waals surface area contributed by atoms with Crippen molar-refractivity contribution in [1.29, 1.82) is 0 Å². The molecule has 0 aliphatic rings. The minimum atomic E-state index is 0.105. The van der Waals surface area contributed by atoms with Crippen LogP contribution >= 0.6 is 11.3 Å². The molecular formula is C16H25NS. The SMILES string of the molecule is CC.CC.CC(N)c1cccc(-c2ccsc2)c1. The van der Waals surface area contributed by atoms with Crippen LogP contribution in [-0.2, 0) is 0 Å². The van der Waals surface area contributed by atoms with Crippen LogP contribution in [-0.4, -0.2) is 0 Å². The summed E-state index contributed by atoms with van der Waals surface area (Å²) in [5, 5.41) is 4.24. The van der Waals surface area contributed by atoms with E-state index >= 15 is 0 Å². The van der Waals surface area contributed by atoms with Gasteiger partial charge in [-0.15, -0.1) is 0 Å². The molecule has 1 atom stereocenters. The molecule has 1 nitrogen and oxygen atoms in total. The third-order valence-corrected chi connectivity index (χ3v) is 2.95. The number of benzene rings is 1. The zero-order valence-corrected chi connectivity index (χ0v) is 12.9. The van der Waals surface area contributed by atoms with Gasteiger partial charge in [0.25, 0.3) is 0 Å². The fourth-order valence-electron chi connectivity index (χ4n) is 1.43. The minimum Gasteiger partial charge on any atom is -0.324 e. The molecule has 2 aromatic rings. The molecule has 0 fully saturated rings. The molecule has 2 N–H and O–H groups in total.